The van der Waals surface area contributed by atoms with Gasteiger partial charge in [0.25, 0.3) is 0 Å². The summed E-state index contributed by atoms with van der Waals surface area (Å²) in [6, 6.07) is 6.31. The number of hydrogen-bond donors (Lipinski definition) is 2. The minimum Gasteiger partial charge on any atom is -0.371 e. The van der Waals surface area contributed by atoms with Gasteiger partial charge in [0.2, 0.25) is 5.91 Å². The molecule has 1 atom stereocenters. The van der Waals surface area contributed by atoms with E-state index in [-0.39, 0.29) is 5.91 Å². The van der Waals surface area contributed by atoms with Crippen LogP contribution in [0.1, 0.15) is 12.5 Å². The minimum absolute atomic E-state index is 0.0710. The van der Waals surface area contributed by atoms with Gasteiger partial charge in [-0.25, -0.2) is 0 Å². The van der Waals surface area contributed by atoms with Crippen molar-refractivity contribution in [1.29, 1.82) is 0 Å². The third-order valence-corrected chi connectivity index (χ3v) is 3.12. The molecule has 1 aromatic rings. The molecule has 0 saturated heterocycles. The molecule has 0 spiro atoms. The Morgan fingerprint density at radius 3 is 3.00 bits per heavy atom. The van der Waals surface area contributed by atoms with Crippen LogP contribution in [0.3, 0.4) is 0 Å². The lowest BCUT2D eigenvalue weighted by Crippen LogP contribution is -2.35. The van der Waals surface area contributed by atoms with Gasteiger partial charge in [-0.1, -0.05) is 0 Å². The molecular weight excluding hydrogens is 202 g/mol. The summed E-state index contributed by atoms with van der Waals surface area (Å²) < 4.78 is 0. The van der Waals surface area contributed by atoms with Gasteiger partial charge in [-0.3, -0.25) is 4.79 Å². The van der Waals surface area contributed by atoms with Crippen LogP contribution in [0.5, 0.6) is 0 Å². The van der Waals surface area contributed by atoms with Crippen LogP contribution in [0.25, 0.3) is 0 Å². The maximum absolute atomic E-state index is 11.2. The van der Waals surface area contributed by atoms with Crippen molar-refractivity contribution in [3.63, 3.8) is 0 Å². The molecule has 0 fully saturated rings. The highest BCUT2D eigenvalue weighted by Crippen LogP contribution is 2.27. The zero-order valence-corrected chi connectivity index (χ0v) is 9.66. The number of nitrogens with two attached hydrogens (primary N) is 1. The minimum atomic E-state index is 0.0710. The fraction of sp³-hybridized carbons (Fsp3) is 0.417. The highest BCUT2D eigenvalue weighted by Gasteiger charge is 2.18. The van der Waals surface area contributed by atoms with Gasteiger partial charge in [0.05, 0.1) is 6.42 Å². The van der Waals surface area contributed by atoms with E-state index in [1.807, 2.05) is 19.2 Å². The number of nitrogens with one attached hydrogen (secondary N) is 1. The predicted molar refractivity (Wildman–Crippen MR) is 65.7 cm³/mol. The van der Waals surface area contributed by atoms with E-state index in [0.717, 1.165) is 16.9 Å². The lowest BCUT2D eigenvalue weighted by molar-refractivity contribution is -0.115. The van der Waals surface area contributed by atoms with Crippen LogP contribution in [0.15, 0.2) is 18.2 Å². The van der Waals surface area contributed by atoms with E-state index in [4.69, 9.17) is 5.73 Å². The summed E-state index contributed by atoms with van der Waals surface area (Å²) in [5, 5.41) is 2.82. The monoisotopic (exact) mass is 219 g/mol. The maximum Gasteiger partial charge on any atom is 0.228 e. The van der Waals surface area contributed by atoms with Crippen molar-refractivity contribution < 1.29 is 4.79 Å². The average Bonchev–Trinajstić information content (AvgIpc) is 2.65. The number of benzene rings is 1. The van der Waals surface area contributed by atoms with Crippen molar-refractivity contribution in [2.75, 3.05) is 23.8 Å². The number of carbonyl (C=O) groups excluding carboxylic acids is 1. The fourth-order valence-corrected chi connectivity index (χ4v) is 1.85. The Bertz CT molecular complexity index is 417. The summed E-state index contributed by atoms with van der Waals surface area (Å²) in [7, 11) is 2.02. The SMILES string of the molecule is CC(CN)N(C)c1ccc2c(c1)CC(=O)N2. The number of hydrogen-bond acceptors (Lipinski definition) is 3. The zero-order valence-electron chi connectivity index (χ0n) is 9.66. The molecule has 2 rings (SSSR count). The van der Waals surface area contributed by atoms with E-state index in [0.29, 0.717) is 19.0 Å². The van der Waals surface area contributed by atoms with Crippen molar-refractivity contribution in [2.24, 2.45) is 5.73 Å². The smallest absolute Gasteiger partial charge is 0.228 e. The highest BCUT2D eigenvalue weighted by atomic mass is 16.1. The summed E-state index contributed by atoms with van der Waals surface area (Å²) in [4.78, 5) is 13.4. The third-order valence-electron chi connectivity index (χ3n) is 3.12. The number of carbonyl (C=O) groups is 1. The van der Waals surface area contributed by atoms with Crippen molar-refractivity contribution in [2.45, 2.75) is 19.4 Å². The van der Waals surface area contributed by atoms with E-state index in [1.54, 1.807) is 0 Å². The molecular formula is C12H17N3O. The summed E-state index contributed by atoms with van der Waals surface area (Å²) in [5.74, 6) is 0.0710. The van der Waals surface area contributed by atoms with E-state index < -0.39 is 0 Å². The second-order valence-corrected chi connectivity index (χ2v) is 4.26. The van der Waals surface area contributed by atoms with Crippen molar-refractivity contribution in [3.8, 4) is 0 Å². The summed E-state index contributed by atoms with van der Waals surface area (Å²) in [6.45, 7) is 2.70. The fourth-order valence-electron chi connectivity index (χ4n) is 1.85. The van der Waals surface area contributed by atoms with E-state index >= 15 is 0 Å². The lowest BCUT2D eigenvalue weighted by Gasteiger charge is -2.26. The van der Waals surface area contributed by atoms with Crippen LogP contribution < -0.4 is 16.0 Å². The van der Waals surface area contributed by atoms with Gasteiger partial charge in [0.1, 0.15) is 0 Å². The first kappa shape index (κ1) is 11.0. The molecule has 1 aromatic carbocycles. The predicted octanol–water partition coefficient (Wildman–Crippen LogP) is 0.965. The molecule has 1 amide bonds. The van der Waals surface area contributed by atoms with Gasteiger partial charge in [-0.05, 0) is 30.7 Å². The van der Waals surface area contributed by atoms with Gasteiger partial charge in [0.15, 0.2) is 0 Å². The number of likely N-dealkylation sites (N-methyl/N-ethyl adjacent to an activating group) is 1. The summed E-state index contributed by atoms with van der Waals surface area (Å²) in [6.07, 6.45) is 0.480. The highest BCUT2D eigenvalue weighted by molar-refractivity contribution is 5.99. The zero-order chi connectivity index (χ0) is 11.7. The Hall–Kier alpha value is -1.55. The Morgan fingerprint density at radius 1 is 1.56 bits per heavy atom. The molecule has 0 saturated carbocycles. The molecule has 0 radical (unpaired) electrons. The van der Waals surface area contributed by atoms with Crippen LogP contribution in [0.2, 0.25) is 0 Å². The Labute approximate surface area is 95.4 Å². The van der Waals surface area contributed by atoms with Crippen molar-refractivity contribution in [3.05, 3.63) is 23.8 Å². The number of nitrogens with zero attached hydrogens (tertiary/aromatic N) is 1. The number of amides is 1. The standard InChI is InChI=1S/C12H17N3O/c1-8(7-13)15(2)10-3-4-11-9(5-10)6-12(16)14-11/h3-5,8H,6-7,13H2,1-2H3,(H,14,16). The normalized spacial score (nSPS) is 15.6. The van der Waals surface area contributed by atoms with Gasteiger partial charge in [0, 0.05) is 31.0 Å². The van der Waals surface area contributed by atoms with Crippen molar-refractivity contribution >= 4 is 17.3 Å². The van der Waals surface area contributed by atoms with Gasteiger partial charge < -0.3 is 16.0 Å². The number of fused-ring (bicyclic) bond motifs is 1. The van der Waals surface area contributed by atoms with E-state index in [9.17, 15) is 4.79 Å². The molecule has 4 heteroatoms. The van der Waals surface area contributed by atoms with Gasteiger partial charge >= 0.3 is 0 Å². The lowest BCUT2D eigenvalue weighted by atomic mass is 10.1. The number of rotatable bonds is 3. The molecule has 16 heavy (non-hydrogen) atoms. The van der Waals surface area contributed by atoms with Crippen molar-refractivity contribution in [1.82, 2.24) is 0 Å². The first-order valence-electron chi connectivity index (χ1n) is 5.47. The Morgan fingerprint density at radius 2 is 2.31 bits per heavy atom. The first-order chi connectivity index (χ1) is 7.61. The second-order valence-electron chi connectivity index (χ2n) is 4.26. The van der Waals surface area contributed by atoms with Crippen LogP contribution in [0.4, 0.5) is 11.4 Å². The molecule has 1 aliphatic heterocycles. The maximum atomic E-state index is 11.2. The Balaban J connectivity index is 2.25. The van der Waals surface area contributed by atoms with Crippen LogP contribution in [-0.4, -0.2) is 25.5 Å². The number of anilines is 2. The largest absolute Gasteiger partial charge is 0.371 e. The molecule has 1 heterocycles. The van der Waals surface area contributed by atoms with Gasteiger partial charge in [-0.2, -0.15) is 0 Å². The molecule has 86 valence electrons. The van der Waals surface area contributed by atoms with Crippen LogP contribution in [0, 0.1) is 0 Å². The molecule has 1 aliphatic rings. The molecule has 1 unspecified atom stereocenters. The quantitative estimate of drug-likeness (QED) is 0.796. The second kappa shape index (κ2) is 4.14. The van der Waals surface area contributed by atoms with Crippen LogP contribution in [-0.2, 0) is 11.2 Å². The third kappa shape index (κ3) is 1.88. The van der Waals surface area contributed by atoms with E-state index in [1.165, 1.54) is 0 Å². The Kier molecular flexibility index (Phi) is 2.83. The molecule has 0 aromatic heterocycles. The first-order valence-corrected chi connectivity index (χ1v) is 5.47. The average molecular weight is 219 g/mol. The molecule has 3 N–H and O–H groups in total. The van der Waals surface area contributed by atoms with Crippen LogP contribution >= 0.6 is 0 Å². The summed E-state index contributed by atoms with van der Waals surface area (Å²) >= 11 is 0. The molecule has 0 bridgehead atoms. The summed E-state index contributed by atoms with van der Waals surface area (Å²) in [5.41, 5.74) is 8.74. The molecule has 4 nitrogen and oxygen atoms in total. The molecule has 0 aliphatic carbocycles. The van der Waals surface area contributed by atoms with E-state index in [2.05, 4.69) is 23.2 Å². The van der Waals surface area contributed by atoms with Gasteiger partial charge in [-0.15, -0.1) is 0 Å². The topological polar surface area (TPSA) is 58.4 Å².